The number of fused-ring (bicyclic) bond motifs is 1. The highest BCUT2D eigenvalue weighted by molar-refractivity contribution is 14.1. The first kappa shape index (κ1) is 12.8. The Bertz CT molecular complexity index is 705. The molecule has 3 aromatic heterocycles. The number of hydrogen-bond donors (Lipinski definition) is 1. The van der Waals surface area contributed by atoms with E-state index in [0.717, 1.165) is 30.3 Å². The normalized spacial score (nSPS) is 11.1. The molecule has 0 saturated heterocycles. The zero-order valence-electron chi connectivity index (χ0n) is 10.3. The van der Waals surface area contributed by atoms with Crippen LogP contribution in [0.2, 0.25) is 0 Å². The summed E-state index contributed by atoms with van der Waals surface area (Å²) in [7, 11) is 0. The molecule has 0 radical (unpaired) electrons. The molecule has 0 unspecified atom stereocenters. The second kappa shape index (κ2) is 5.41. The van der Waals surface area contributed by atoms with Gasteiger partial charge in [-0.2, -0.15) is 4.52 Å². The fraction of sp³-hybridized carbons (Fsp3) is 0.250. The maximum absolute atomic E-state index is 4.45. The van der Waals surface area contributed by atoms with E-state index >= 15 is 0 Å². The van der Waals surface area contributed by atoms with Gasteiger partial charge < -0.3 is 5.32 Å². The molecule has 0 amide bonds. The zero-order valence-corrected chi connectivity index (χ0v) is 13.3. The van der Waals surface area contributed by atoms with Crippen molar-refractivity contribution < 1.29 is 0 Å². The van der Waals surface area contributed by atoms with Gasteiger partial charge >= 0.3 is 0 Å². The Kier molecular flexibility index (Phi) is 3.65. The number of hydrogen-bond acceptors (Lipinski definition) is 5. The number of nitrogens with one attached hydrogen (secondary N) is 1. The van der Waals surface area contributed by atoms with E-state index in [1.54, 1.807) is 4.52 Å². The van der Waals surface area contributed by atoms with Crippen molar-refractivity contribution in [1.82, 2.24) is 19.8 Å². The molecule has 7 heteroatoms. The molecule has 0 aliphatic heterocycles. The summed E-state index contributed by atoms with van der Waals surface area (Å²) in [6.45, 7) is 2.76. The lowest BCUT2D eigenvalue weighted by Crippen LogP contribution is -2.07. The molecule has 3 aromatic rings. The maximum Gasteiger partial charge on any atom is 0.178 e. The van der Waals surface area contributed by atoms with Gasteiger partial charge in [0.15, 0.2) is 11.5 Å². The minimum absolute atomic E-state index is 0.774. The van der Waals surface area contributed by atoms with Crippen LogP contribution in [0.3, 0.4) is 0 Å². The fourth-order valence-corrected chi connectivity index (χ4v) is 3.55. The van der Waals surface area contributed by atoms with Crippen molar-refractivity contribution >= 4 is 45.4 Å². The monoisotopic (exact) mass is 385 g/mol. The van der Waals surface area contributed by atoms with Crippen LogP contribution in [-0.4, -0.2) is 26.4 Å². The summed E-state index contributed by atoms with van der Waals surface area (Å²) in [6.07, 6.45) is 1.01. The first-order valence-corrected chi connectivity index (χ1v) is 7.79. The Labute approximate surface area is 128 Å². The Hall–Kier alpha value is -1.22. The standard InChI is InChI=1S/C12H12IN5S/c1-8-15-16-12-5-4-11(17-18(8)12)14-7-6-9-2-3-10(13)19-9/h2-5H,6-7H2,1H3,(H,14,17). The van der Waals surface area contributed by atoms with Crippen molar-refractivity contribution in [3.63, 3.8) is 0 Å². The Balaban J connectivity index is 1.66. The molecule has 1 N–H and O–H groups in total. The number of rotatable bonds is 4. The van der Waals surface area contributed by atoms with Crippen LogP contribution >= 0.6 is 33.9 Å². The highest BCUT2D eigenvalue weighted by Crippen LogP contribution is 2.18. The largest absolute Gasteiger partial charge is 0.368 e. The molecule has 19 heavy (non-hydrogen) atoms. The minimum atomic E-state index is 0.774. The van der Waals surface area contributed by atoms with Crippen LogP contribution in [0.4, 0.5) is 5.82 Å². The van der Waals surface area contributed by atoms with Gasteiger partial charge in [-0.1, -0.05) is 0 Å². The average molecular weight is 385 g/mol. The topological polar surface area (TPSA) is 55.1 Å². The third kappa shape index (κ3) is 2.86. The van der Waals surface area contributed by atoms with E-state index < -0.39 is 0 Å². The van der Waals surface area contributed by atoms with Crippen LogP contribution in [0.25, 0.3) is 5.65 Å². The summed E-state index contributed by atoms with van der Waals surface area (Å²) in [6, 6.07) is 8.17. The van der Waals surface area contributed by atoms with Crippen molar-refractivity contribution in [2.45, 2.75) is 13.3 Å². The third-order valence-corrected chi connectivity index (χ3v) is 4.68. The number of anilines is 1. The predicted octanol–water partition coefficient (Wildman–Crippen LogP) is 2.75. The average Bonchev–Trinajstić information content (AvgIpc) is 2.97. The van der Waals surface area contributed by atoms with Crippen LogP contribution in [-0.2, 0) is 6.42 Å². The lowest BCUT2D eigenvalue weighted by molar-refractivity contribution is 0.869. The third-order valence-electron chi connectivity index (χ3n) is 2.73. The van der Waals surface area contributed by atoms with E-state index in [9.17, 15) is 0 Å². The minimum Gasteiger partial charge on any atom is -0.368 e. The molecular weight excluding hydrogens is 373 g/mol. The van der Waals surface area contributed by atoms with Crippen molar-refractivity contribution in [3.05, 3.63) is 37.9 Å². The van der Waals surface area contributed by atoms with Gasteiger partial charge in [0, 0.05) is 11.4 Å². The van der Waals surface area contributed by atoms with Crippen molar-refractivity contribution in [2.24, 2.45) is 0 Å². The van der Waals surface area contributed by atoms with Crippen LogP contribution < -0.4 is 5.32 Å². The van der Waals surface area contributed by atoms with E-state index in [-0.39, 0.29) is 0 Å². The second-order valence-corrected chi connectivity index (χ2v) is 7.18. The van der Waals surface area contributed by atoms with E-state index in [1.807, 2.05) is 30.4 Å². The summed E-state index contributed by atoms with van der Waals surface area (Å²) in [4.78, 5) is 1.39. The van der Waals surface area contributed by atoms with Crippen LogP contribution in [0.5, 0.6) is 0 Å². The van der Waals surface area contributed by atoms with Gasteiger partial charge in [0.1, 0.15) is 5.82 Å². The molecule has 0 aliphatic carbocycles. The first-order chi connectivity index (χ1) is 9.22. The Morgan fingerprint density at radius 1 is 1.26 bits per heavy atom. The number of aryl methyl sites for hydroxylation is 1. The van der Waals surface area contributed by atoms with Crippen molar-refractivity contribution in [1.29, 1.82) is 0 Å². The summed E-state index contributed by atoms with van der Waals surface area (Å²) >= 11 is 4.18. The van der Waals surface area contributed by atoms with Crippen molar-refractivity contribution in [2.75, 3.05) is 11.9 Å². The van der Waals surface area contributed by atoms with E-state index in [1.165, 1.54) is 7.76 Å². The van der Waals surface area contributed by atoms with Crippen LogP contribution in [0, 0.1) is 9.81 Å². The SMILES string of the molecule is Cc1nnc2ccc(NCCc3ccc(I)s3)nn12. The quantitative estimate of drug-likeness (QED) is 0.702. The highest BCUT2D eigenvalue weighted by Gasteiger charge is 2.03. The molecule has 0 spiro atoms. The van der Waals surface area contributed by atoms with Gasteiger partial charge in [-0.3, -0.25) is 0 Å². The fourth-order valence-electron chi connectivity index (χ4n) is 1.79. The van der Waals surface area contributed by atoms with Gasteiger partial charge in [0.25, 0.3) is 0 Å². The van der Waals surface area contributed by atoms with E-state index in [0.29, 0.717) is 0 Å². The number of aromatic nitrogens is 4. The molecular formula is C12H12IN5S. The molecule has 0 bridgehead atoms. The van der Waals surface area contributed by atoms with Gasteiger partial charge in [-0.25, -0.2) is 0 Å². The zero-order chi connectivity index (χ0) is 13.2. The van der Waals surface area contributed by atoms with E-state index in [4.69, 9.17) is 0 Å². The number of nitrogens with zero attached hydrogens (tertiary/aromatic N) is 4. The van der Waals surface area contributed by atoms with Crippen molar-refractivity contribution in [3.8, 4) is 0 Å². The first-order valence-electron chi connectivity index (χ1n) is 5.89. The predicted molar refractivity (Wildman–Crippen MR) is 84.7 cm³/mol. The maximum atomic E-state index is 4.45. The second-order valence-electron chi connectivity index (χ2n) is 4.12. The lowest BCUT2D eigenvalue weighted by Gasteiger charge is -2.04. The molecule has 3 rings (SSSR count). The summed E-state index contributed by atoms with van der Waals surface area (Å²) in [5, 5.41) is 15.8. The summed E-state index contributed by atoms with van der Waals surface area (Å²) in [5.74, 6) is 1.65. The van der Waals surface area contributed by atoms with Gasteiger partial charge in [0.2, 0.25) is 0 Å². The van der Waals surface area contributed by atoms with Gasteiger partial charge in [0.05, 0.1) is 2.88 Å². The van der Waals surface area contributed by atoms with Gasteiger partial charge in [-0.15, -0.1) is 26.6 Å². The smallest absolute Gasteiger partial charge is 0.178 e. The number of halogens is 1. The molecule has 0 saturated carbocycles. The van der Waals surface area contributed by atoms with Crippen LogP contribution in [0.15, 0.2) is 24.3 Å². The molecule has 3 heterocycles. The van der Waals surface area contributed by atoms with Crippen LogP contribution in [0.1, 0.15) is 10.7 Å². The van der Waals surface area contributed by atoms with Gasteiger partial charge in [-0.05, 0) is 60.2 Å². The molecule has 0 aromatic carbocycles. The molecule has 98 valence electrons. The van der Waals surface area contributed by atoms with E-state index in [2.05, 4.69) is 55.3 Å². The summed E-state index contributed by atoms with van der Waals surface area (Å²) in [5.41, 5.74) is 0.774. The Morgan fingerprint density at radius 2 is 2.16 bits per heavy atom. The Morgan fingerprint density at radius 3 is 2.95 bits per heavy atom. The highest BCUT2D eigenvalue weighted by atomic mass is 127. The molecule has 0 aliphatic rings. The number of thiophene rings is 1. The molecule has 5 nitrogen and oxygen atoms in total. The molecule has 0 atom stereocenters. The summed E-state index contributed by atoms with van der Waals surface area (Å²) < 4.78 is 3.07. The lowest BCUT2D eigenvalue weighted by atomic mass is 10.3. The molecule has 0 fully saturated rings.